The SMILES string of the molecule is CCN1CCN(C(=O)C2CCC(CN)O2)CC1. The Bertz CT molecular complexity index is 264. The van der Waals surface area contributed by atoms with Crippen LogP contribution >= 0.6 is 0 Å². The van der Waals surface area contributed by atoms with Crippen LogP contribution < -0.4 is 5.73 Å². The molecule has 2 aliphatic rings. The van der Waals surface area contributed by atoms with Crippen LogP contribution in [0.25, 0.3) is 0 Å². The maximum atomic E-state index is 12.2. The van der Waals surface area contributed by atoms with Crippen LogP contribution in [-0.2, 0) is 9.53 Å². The molecule has 2 fully saturated rings. The van der Waals surface area contributed by atoms with E-state index in [1.165, 1.54) is 0 Å². The fourth-order valence-electron chi connectivity index (χ4n) is 2.55. The number of ether oxygens (including phenoxy) is 1. The van der Waals surface area contributed by atoms with Crippen molar-refractivity contribution in [1.29, 1.82) is 0 Å². The van der Waals surface area contributed by atoms with E-state index in [-0.39, 0.29) is 18.1 Å². The molecule has 0 radical (unpaired) electrons. The zero-order valence-electron chi connectivity index (χ0n) is 10.6. The normalized spacial score (nSPS) is 30.8. The zero-order valence-corrected chi connectivity index (χ0v) is 10.6. The molecule has 2 unspecified atom stereocenters. The first-order valence-electron chi connectivity index (χ1n) is 6.61. The Morgan fingerprint density at radius 1 is 1.29 bits per heavy atom. The van der Waals surface area contributed by atoms with Gasteiger partial charge in [-0.3, -0.25) is 4.79 Å². The predicted octanol–water partition coefficient (Wildman–Crippen LogP) is -0.343. The standard InChI is InChI=1S/C12H23N3O2/c1-2-14-5-7-15(8-6-14)12(16)11-4-3-10(9-13)17-11/h10-11H,2-9,13H2,1H3. The Balaban J connectivity index is 1.81. The minimum absolute atomic E-state index is 0.0841. The summed E-state index contributed by atoms with van der Waals surface area (Å²) in [5.74, 6) is 0.164. The third-order valence-corrected chi connectivity index (χ3v) is 3.78. The third-order valence-electron chi connectivity index (χ3n) is 3.78. The Morgan fingerprint density at radius 2 is 2.00 bits per heavy atom. The van der Waals surface area contributed by atoms with E-state index in [4.69, 9.17) is 10.5 Å². The number of likely N-dealkylation sites (N-methyl/N-ethyl adjacent to an activating group) is 1. The van der Waals surface area contributed by atoms with E-state index < -0.39 is 0 Å². The molecule has 98 valence electrons. The van der Waals surface area contributed by atoms with Crippen LogP contribution in [-0.4, -0.2) is 67.2 Å². The van der Waals surface area contributed by atoms with E-state index in [0.29, 0.717) is 6.54 Å². The molecule has 0 aromatic heterocycles. The lowest BCUT2D eigenvalue weighted by Gasteiger charge is -2.35. The maximum absolute atomic E-state index is 12.2. The molecule has 0 bridgehead atoms. The molecule has 0 aromatic rings. The molecule has 2 atom stereocenters. The molecule has 2 aliphatic heterocycles. The smallest absolute Gasteiger partial charge is 0.251 e. The number of amides is 1. The molecule has 2 saturated heterocycles. The lowest BCUT2D eigenvalue weighted by molar-refractivity contribution is -0.144. The molecule has 0 saturated carbocycles. The van der Waals surface area contributed by atoms with Crippen LogP contribution in [0, 0.1) is 0 Å². The summed E-state index contributed by atoms with van der Waals surface area (Å²) in [6.45, 7) is 7.37. The van der Waals surface area contributed by atoms with E-state index in [1.54, 1.807) is 0 Å². The van der Waals surface area contributed by atoms with E-state index >= 15 is 0 Å². The number of hydrogen-bond donors (Lipinski definition) is 1. The summed E-state index contributed by atoms with van der Waals surface area (Å²) >= 11 is 0. The average Bonchev–Trinajstić information content (AvgIpc) is 2.87. The molecule has 2 N–H and O–H groups in total. The molecule has 0 aliphatic carbocycles. The monoisotopic (exact) mass is 241 g/mol. The van der Waals surface area contributed by atoms with E-state index in [0.717, 1.165) is 45.6 Å². The number of carbonyl (C=O) groups is 1. The molecule has 1 amide bonds. The van der Waals surface area contributed by atoms with Gasteiger partial charge in [0.2, 0.25) is 0 Å². The zero-order chi connectivity index (χ0) is 12.3. The van der Waals surface area contributed by atoms with E-state index in [2.05, 4.69) is 11.8 Å². The lowest BCUT2D eigenvalue weighted by Crippen LogP contribution is -2.51. The van der Waals surface area contributed by atoms with Gasteiger partial charge in [-0.15, -0.1) is 0 Å². The molecule has 5 nitrogen and oxygen atoms in total. The molecule has 17 heavy (non-hydrogen) atoms. The van der Waals surface area contributed by atoms with Crippen molar-refractivity contribution in [2.75, 3.05) is 39.3 Å². The predicted molar refractivity (Wildman–Crippen MR) is 65.6 cm³/mol. The van der Waals surface area contributed by atoms with Gasteiger partial charge in [0.25, 0.3) is 5.91 Å². The van der Waals surface area contributed by atoms with Gasteiger partial charge in [-0.25, -0.2) is 0 Å². The second-order valence-corrected chi connectivity index (χ2v) is 4.82. The Hall–Kier alpha value is -0.650. The van der Waals surface area contributed by atoms with Crippen molar-refractivity contribution in [1.82, 2.24) is 9.80 Å². The van der Waals surface area contributed by atoms with Crippen molar-refractivity contribution in [2.24, 2.45) is 5.73 Å². The van der Waals surface area contributed by atoms with Gasteiger partial charge in [-0.1, -0.05) is 6.92 Å². The molecule has 2 rings (SSSR count). The van der Waals surface area contributed by atoms with Crippen LogP contribution in [0.4, 0.5) is 0 Å². The number of carbonyl (C=O) groups excluding carboxylic acids is 1. The topological polar surface area (TPSA) is 58.8 Å². The van der Waals surface area contributed by atoms with Crippen LogP contribution in [0.1, 0.15) is 19.8 Å². The van der Waals surface area contributed by atoms with Crippen LogP contribution in [0.3, 0.4) is 0 Å². The Labute approximate surface area is 103 Å². The van der Waals surface area contributed by atoms with Gasteiger partial charge in [0, 0.05) is 32.7 Å². The molecular weight excluding hydrogens is 218 g/mol. The van der Waals surface area contributed by atoms with Crippen molar-refractivity contribution in [3.8, 4) is 0 Å². The first kappa shape index (κ1) is 12.8. The summed E-state index contributed by atoms with van der Waals surface area (Å²) in [6, 6.07) is 0. The summed E-state index contributed by atoms with van der Waals surface area (Å²) in [4.78, 5) is 16.5. The number of nitrogens with two attached hydrogens (primary N) is 1. The number of nitrogens with zero attached hydrogens (tertiary/aromatic N) is 2. The van der Waals surface area contributed by atoms with Crippen LogP contribution in [0.2, 0.25) is 0 Å². The van der Waals surface area contributed by atoms with Crippen molar-refractivity contribution in [3.05, 3.63) is 0 Å². The minimum Gasteiger partial charge on any atom is -0.364 e. The Morgan fingerprint density at radius 3 is 2.53 bits per heavy atom. The summed E-state index contributed by atoms with van der Waals surface area (Å²) < 4.78 is 5.65. The van der Waals surface area contributed by atoms with E-state index in [1.807, 2.05) is 4.90 Å². The average molecular weight is 241 g/mol. The van der Waals surface area contributed by atoms with Crippen molar-refractivity contribution in [3.63, 3.8) is 0 Å². The van der Waals surface area contributed by atoms with E-state index in [9.17, 15) is 4.79 Å². The summed E-state index contributed by atoms with van der Waals surface area (Å²) in [6.07, 6.45) is 1.59. The van der Waals surface area contributed by atoms with Gasteiger partial charge >= 0.3 is 0 Å². The molecule has 0 aromatic carbocycles. The molecular formula is C12H23N3O2. The molecule has 5 heteroatoms. The fourth-order valence-corrected chi connectivity index (χ4v) is 2.55. The van der Waals surface area contributed by atoms with Crippen LogP contribution in [0.5, 0.6) is 0 Å². The summed E-state index contributed by atoms with van der Waals surface area (Å²) in [7, 11) is 0. The minimum atomic E-state index is -0.239. The molecule has 2 heterocycles. The summed E-state index contributed by atoms with van der Waals surface area (Å²) in [5.41, 5.74) is 5.55. The van der Waals surface area contributed by atoms with Crippen LogP contribution in [0.15, 0.2) is 0 Å². The van der Waals surface area contributed by atoms with Gasteiger partial charge in [-0.2, -0.15) is 0 Å². The van der Waals surface area contributed by atoms with Crippen molar-refractivity contribution >= 4 is 5.91 Å². The number of hydrogen-bond acceptors (Lipinski definition) is 4. The quantitative estimate of drug-likeness (QED) is 0.734. The van der Waals surface area contributed by atoms with Gasteiger partial charge in [-0.05, 0) is 19.4 Å². The lowest BCUT2D eigenvalue weighted by atomic mass is 10.1. The largest absolute Gasteiger partial charge is 0.364 e. The fraction of sp³-hybridized carbons (Fsp3) is 0.917. The van der Waals surface area contributed by atoms with Gasteiger partial charge < -0.3 is 20.3 Å². The Kier molecular flexibility index (Phi) is 4.36. The van der Waals surface area contributed by atoms with Crippen molar-refractivity contribution in [2.45, 2.75) is 32.0 Å². The third kappa shape index (κ3) is 2.97. The highest BCUT2D eigenvalue weighted by atomic mass is 16.5. The first-order valence-corrected chi connectivity index (χ1v) is 6.61. The second-order valence-electron chi connectivity index (χ2n) is 4.82. The van der Waals surface area contributed by atoms with Gasteiger partial charge in [0.05, 0.1) is 6.10 Å². The first-order chi connectivity index (χ1) is 8.24. The second kappa shape index (κ2) is 5.80. The highest BCUT2D eigenvalue weighted by Crippen LogP contribution is 2.21. The number of piperazine rings is 1. The van der Waals surface area contributed by atoms with Gasteiger partial charge in [0.15, 0.2) is 0 Å². The highest BCUT2D eigenvalue weighted by Gasteiger charge is 2.33. The maximum Gasteiger partial charge on any atom is 0.251 e. The van der Waals surface area contributed by atoms with Crippen molar-refractivity contribution < 1.29 is 9.53 Å². The highest BCUT2D eigenvalue weighted by molar-refractivity contribution is 5.81. The summed E-state index contributed by atoms with van der Waals surface area (Å²) in [5, 5.41) is 0. The van der Waals surface area contributed by atoms with Gasteiger partial charge in [0.1, 0.15) is 6.10 Å². The molecule has 0 spiro atoms. The number of rotatable bonds is 3.